The van der Waals surface area contributed by atoms with Crippen molar-refractivity contribution in [2.75, 3.05) is 5.32 Å². The van der Waals surface area contributed by atoms with Crippen molar-refractivity contribution in [3.63, 3.8) is 0 Å². The third-order valence-electron chi connectivity index (χ3n) is 3.30. The van der Waals surface area contributed by atoms with Crippen LogP contribution in [0.4, 0.5) is 11.4 Å². The van der Waals surface area contributed by atoms with Gasteiger partial charge in [-0.1, -0.05) is 11.6 Å². The number of nitro benzene ring substituents is 1. The molecule has 0 amide bonds. The number of benzene rings is 1. The van der Waals surface area contributed by atoms with Crippen LogP contribution < -0.4 is 5.32 Å². The van der Waals surface area contributed by atoms with Crippen molar-refractivity contribution < 1.29 is 4.92 Å². The molecule has 2 aromatic rings. The van der Waals surface area contributed by atoms with Crippen molar-refractivity contribution in [1.29, 1.82) is 0 Å². The van der Waals surface area contributed by atoms with E-state index in [9.17, 15) is 10.1 Å². The van der Waals surface area contributed by atoms with Crippen molar-refractivity contribution in [3.8, 4) is 0 Å². The van der Waals surface area contributed by atoms with E-state index >= 15 is 0 Å². The van der Waals surface area contributed by atoms with Crippen molar-refractivity contribution in [2.24, 2.45) is 0 Å². The Kier molecular flexibility index (Phi) is 3.31. The Hall–Kier alpha value is -2.08. The topological polar surface area (TPSA) is 73.0 Å². The molecule has 0 atom stereocenters. The van der Waals surface area contributed by atoms with Gasteiger partial charge in [-0.15, -0.1) is 0 Å². The van der Waals surface area contributed by atoms with Crippen LogP contribution in [0.5, 0.6) is 0 Å². The number of hydrogen-bond donors (Lipinski definition) is 1. The lowest BCUT2D eigenvalue weighted by molar-refractivity contribution is -0.383. The van der Waals surface area contributed by atoms with Crippen molar-refractivity contribution in [3.05, 3.63) is 51.6 Å². The summed E-state index contributed by atoms with van der Waals surface area (Å²) in [7, 11) is 0. The molecule has 0 spiro atoms. The van der Waals surface area contributed by atoms with Crippen LogP contribution in [0.2, 0.25) is 5.02 Å². The van der Waals surface area contributed by atoms with Crippen molar-refractivity contribution in [2.45, 2.75) is 25.4 Å². The monoisotopic (exact) mass is 292 g/mol. The van der Waals surface area contributed by atoms with Crippen LogP contribution in [-0.2, 0) is 6.54 Å². The first-order valence-electron chi connectivity index (χ1n) is 6.33. The summed E-state index contributed by atoms with van der Waals surface area (Å²) in [6, 6.07) is 5.14. The third-order valence-corrected chi connectivity index (χ3v) is 3.54. The predicted octanol–water partition coefficient (Wildman–Crippen LogP) is 3.39. The lowest BCUT2D eigenvalue weighted by atomic mass is 10.2. The van der Waals surface area contributed by atoms with E-state index in [4.69, 9.17) is 11.6 Å². The summed E-state index contributed by atoms with van der Waals surface area (Å²) in [5, 5.41) is 14.4. The second kappa shape index (κ2) is 5.13. The van der Waals surface area contributed by atoms with Gasteiger partial charge in [-0.2, -0.15) is 0 Å². The maximum atomic E-state index is 11.0. The Bertz CT molecular complexity index is 652. The summed E-state index contributed by atoms with van der Waals surface area (Å²) < 4.78 is 2.12. The molecule has 1 heterocycles. The van der Waals surface area contributed by atoms with E-state index in [-0.39, 0.29) is 5.69 Å². The number of imidazole rings is 1. The van der Waals surface area contributed by atoms with Gasteiger partial charge in [0, 0.05) is 23.3 Å². The van der Waals surface area contributed by atoms with Crippen molar-refractivity contribution >= 4 is 23.0 Å². The first kappa shape index (κ1) is 12.9. The average Bonchev–Trinajstić information content (AvgIpc) is 3.16. The fourth-order valence-corrected chi connectivity index (χ4v) is 2.31. The first-order valence-corrected chi connectivity index (χ1v) is 6.71. The molecule has 0 bridgehead atoms. The molecule has 1 aliphatic carbocycles. The second-order valence-electron chi connectivity index (χ2n) is 4.80. The first-order chi connectivity index (χ1) is 9.65. The molecule has 6 nitrogen and oxygen atoms in total. The molecule has 0 saturated heterocycles. The highest BCUT2D eigenvalue weighted by molar-refractivity contribution is 6.30. The largest absolute Gasteiger partial charge is 0.374 e. The minimum Gasteiger partial charge on any atom is -0.374 e. The Balaban J connectivity index is 1.78. The van der Waals surface area contributed by atoms with Gasteiger partial charge < -0.3 is 9.88 Å². The number of nitrogens with one attached hydrogen (secondary N) is 1. The lowest BCUT2D eigenvalue weighted by Crippen LogP contribution is -2.07. The summed E-state index contributed by atoms with van der Waals surface area (Å²) in [6.45, 7) is 0.499. The van der Waals surface area contributed by atoms with Gasteiger partial charge >= 0.3 is 0 Å². The van der Waals surface area contributed by atoms with E-state index in [0.29, 0.717) is 23.3 Å². The van der Waals surface area contributed by atoms with Crippen molar-refractivity contribution in [1.82, 2.24) is 9.55 Å². The highest BCUT2D eigenvalue weighted by Crippen LogP contribution is 2.36. The molecule has 1 fully saturated rings. The van der Waals surface area contributed by atoms with Gasteiger partial charge in [-0.05, 0) is 25.0 Å². The molecule has 1 N–H and O–H groups in total. The standard InChI is InChI=1S/C13H13ClN4O2/c14-9-1-4-12(13(5-9)18(19)20)16-7-11-6-15-8-17(11)10-2-3-10/h1,4-6,8,10,16H,2-3,7H2. The van der Waals surface area contributed by atoms with Crippen LogP contribution in [0, 0.1) is 10.1 Å². The zero-order chi connectivity index (χ0) is 14.1. The van der Waals surface area contributed by atoms with E-state index in [1.807, 2.05) is 6.33 Å². The maximum absolute atomic E-state index is 11.0. The Morgan fingerprint density at radius 3 is 3.00 bits per heavy atom. The van der Waals surface area contributed by atoms with Crippen LogP contribution in [0.1, 0.15) is 24.6 Å². The fourth-order valence-electron chi connectivity index (χ4n) is 2.14. The molecule has 0 aliphatic heterocycles. The molecule has 1 aromatic heterocycles. The number of anilines is 1. The molecule has 20 heavy (non-hydrogen) atoms. The molecule has 1 saturated carbocycles. The Morgan fingerprint density at radius 2 is 2.30 bits per heavy atom. The van der Waals surface area contributed by atoms with Crippen LogP contribution in [0.15, 0.2) is 30.7 Å². The van der Waals surface area contributed by atoms with Crippen LogP contribution >= 0.6 is 11.6 Å². The zero-order valence-electron chi connectivity index (χ0n) is 10.6. The van der Waals surface area contributed by atoms with E-state index in [1.54, 1.807) is 18.3 Å². The van der Waals surface area contributed by atoms with Gasteiger partial charge in [-0.25, -0.2) is 4.98 Å². The van der Waals surface area contributed by atoms with Crippen LogP contribution in [0.3, 0.4) is 0 Å². The third kappa shape index (κ3) is 2.60. The summed E-state index contributed by atoms with van der Waals surface area (Å²) >= 11 is 5.79. The number of nitrogens with zero attached hydrogens (tertiary/aromatic N) is 3. The number of rotatable bonds is 5. The molecule has 0 unspecified atom stereocenters. The molecule has 0 radical (unpaired) electrons. The molecular formula is C13H13ClN4O2. The fraction of sp³-hybridized carbons (Fsp3) is 0.308. The normalized spacial score (nSPS) is 14.2. The summed E-state index contributed by atoms with van der Waals surface area (Å²) in [5.41, 5.74) is 1.47. The molecule has 1 aromatic carbocycles. The SMILES string of the molecule is O=[N+]([O-])c1cc(Cl)ccc1NCc1cncn1C1CC1. The minimum atomic E-state index is -0.438. The van der Waals surface area contributed by atoms with Gasteiger partial charge in [0.15, 0.2) is 0 Å². The quantitative estimate of drug-likeness (QED) is 0.677. The van der Waals surface area contributed by atoms with Gasteiger partial charge in [0.05, 0.1) is 23.5 Å². The second-order valence-corrected chi connectivity index (χ2v) is 5.23. The highest BCUT2D eigenvalue weighted by Gasteiger charge is 2.25. The number of hydrogen-bond acceptors (Lipinski definition) is 4. The molecule has 3 rings (SSSR count). The average molecular weight is 293 g/mol. The van der Waals surface area contributed by atoms with Gasteiger partial charge in [-0.3, -0.25) is 10.1 Å². The Morgan fingerprint density at radius 1 is 1.50 bits per heavy atom. The smallest absolute Gasteiger partial charge is 0.293 e. The van der Waals surface area contributed by atoms with E-state index in [0.717, 1.165) is 5.69 Å². The van der Waals surface area contributed by atoms with Gasteiger partial charge in [0.2, 0.25) is 0 Å². The molecule has 104 valence electrons. The van der Waals surface area contributed by atoms with E-state index in [2.05, 4.69) is 14.9 Å². The summed E-state index contributed by atoms with van der Waals surface area (Å²) in [6.07, 6.45) is 5.94. The summed E-state index contributed by atoms with van der Waals surface area (Å²) in [4.78, 5) is 14.7. The molecule has 7 heteroatoms. The zero-order valence-corrected chi connectivity index (χ0v) is 11.4. The number of nitro groups is 1. The van der Waals surface area contributed by atoms with E-state index in [1.165, 1.54) is 18.9 Å². The maximum Gasteiger partial charge on any atom is 0.293 e. The minimum absolute atomic E-state index is 0.0185. The van der Waals surface area contributed by atoms with Crippen LogP contribution in [-0.4, -0.2) is 14.5 Å². The number of aromatic nitrogens is 2. The van der Waals surface area contributed by atoms with Gasteiger partial charge in [0.25, 0.3) is 5.69 Å². The molecule has 1 aliphatic rings. The highest BCUT2D eigenvalue weighted by atomic mass is 35.5. The number of halogens is 1. The lowest BCUT2D eigenvalue weighted by Gasteiger charge is -2.09. The summed E-state index contributed by atoms with van der Waals surface area (Å²) in [5.74, 6) is 0. The molecular weight excluding hydrogens is 280 g/mol. The van der Waals surface area contributed by atoms with Gasteiger partial charge in [0.1, 0.15) is 5.69 Å². The van der Waals surface area contributed by atoms with Crippen LogP contribution in [0.25, 0.3) is 0 Å². The predicted molar refractivity (Wildman–Crippen MR) is 75.9 cm³/mol. The van der Waals surface area contributed by atoms with E-state index < -0.39 is 4.92 Å². The Labute approximate surface area is 120 Å².